The minimum atomic E-state index is -4.77. The third-order valence-electron chi connectivity index (χ3n) is 8.00. The number of hydrogen-bond acceptors (Lipinski definition) is 0. The largest absolute Gasteiger partial charge is 0.419 e. The lowest BCUT2D eigenvalue weighted by Crippen LogP contribution is -2.13. The van der Waals surface area contributed by atoms with Crippen molar-refractivity contribution in [2.45, 2.75) is 77.8 Å². The highest BCUT2D eigenvalue weighted by atomic mass is 19.4. The molecule has 1 aliphatic rings. The maximum absolute atomic E-state index is 15.4. The van der Waals surface area contributed by atoms with Crippen LogP contribution in [-0.4, -0.2) is 0 Å². The number of allylic oxidation sites excluding steroid dienone is 1. The fraction of sp³-hybridized carbons (Fsp3) is 0.412. The van der Waals surface area contributed by atoms with Gasteiger partial charge in [0, 0.05) is 5.56 Å². The van der Waals surface area contributed by atoms with E-state index in [0.29, 0.717) is 11.5 Å². The predicted octanol–water partition coefficient (Wildman–Crippen LogP) is 10.5. The van der Waals surface area contributed by atoms with E-state index in [-0.39, 0.29) is 17.0 Å². The van der Waals surface area contributed by atoms with Gasteiger partial charge in [-0.25, -0.2) is 4.39 Å². The van der Waals surface area contributed by atoms with E-state index in [0.717, 1.165) is 63.4 Å². The first kappa shape index (κ1) is 28.1. The molecule has 0 unspecified atom stereocenters. The molecule has 0 spiro atoms. The van der Waals surface area contributed by atoms with Crippen LogP contribution < -0.4 is 0 Å². The molecule has 1 saturated carbocycles. The average molecular weight is 523 g/mol. The molecule has 3 aromatic carbocycles. The van der Waals surface area contributed by atoms with E-state index in [1.54, 1.807) is 12.1 Å². The Balaban J connectivity index is 1.48. The van der Waals surface area contributed by atoms with Crippen molar-refractivity contribution in [3.63, 3.8) is 0 Å². The molecule has 202 valence electrons. The van der Waals surface area contributed by atoms with Gasteiger partial charge in [0.2, 0.25) is 0 Å². The molecule has 1 fully saturated rings. The summed E-state index contributed by atoms with van der Waals surface area (Å²) in [6.07, 6.45) is 7.75. The number of rotatable bonds is 9. The third kappa shape index (κ3) is 7.15. The molecule has 0 radical (unpaired) electrons. The standard InChI is InChI=1S/C34H38F4/c1-3-5-25-10-12-26(13-11-25)14-15-28-16-19-29(20-17-28)31-23-22-30(32(33(31)35)34(36,37)38)21-18-27-8-6-24(4-2)7-9-27/h10-13,16-24,27H,3-9,14-15H2,1-2H3/b21-18+. The van der Waals surface area contributed by atoms with Crippen LogP contribution in [0.25, 0.3) is 17.2 Å². The molecule has 4 heteroatoms. The molecule has 0 amide bonds. The summed E-state index contributed by atoms with van der Waals surface area (Å²) in [6.45, 7) is 4.35. The van der Waals surface area contributed by atoms with E-state index in [1.807, 2.05) is 18.2 Å². The van der Waals surface area contributed by atoms with Crippen LogP contribution in [0.15, 0.2) is 66.7 Å². The number of hydrogen-bond donors (Lipinski definition) is 0. The van der Waals surface area contributed by atoms with Gasteiger partial charge < -0.3 is 0 Å². The smallest absolute Gasteiger partial charge is 0.206 e. The van der Waals surface area contributed by atoms with Gasteiger partial charge in [0.25, 0.3) is 0 Å². The van der Waals surface area contributed by atoms with Gasteiger partial charge in [-0.05, 0) is 84.6 Å². The Morgan fingerprint density at radius 1 is 0.737 bits per heavy atom. The topological polar surface area (TPSA) is 0 Å². The number of halogens is 4. The Morgan fingerprint density at radius 2 is 1.29 bits per heavy atom. The summed E-state index contributed by atoms with van der Waals surface area (Å²) in [4.78, 5) is 0. The van der Waals surface area contributed by atoms with Crippen LogP contribution in [0.2, 0.25) is 0 Å². The Bertz CT molecular complexity index is 1190. The summed E-state index contributed by atoms with van der Waals surface area (Å²) >= 11 is 0. The lowest BCUT2D eigenvalue weighted by molar-refractivity contribution is -0.140. The molecule has 0 heterocycles. The molecule has 0 aromatic heterocycles. The highest BCUT2D eigenvalue weighted by Crippen LogP contribution is 2.39. The molecule has 0 atom stereocenters. The van der Waals surface area contributed by atoms with Crippen molar-refractivity contribution < 1.29 is 17.6 Å². The Morgan fingerprint density at radius 3 is 1.82 bits per heavy atom. The first-order valence-electron chi connectivity index (χ1n) is 14.0. The van der Waals surface area contributed by atoms with Crippen molar-refractivity contribution in [3.05, 3.63) is 100 Å². The van der Waals surface area contributed by atoms with Crippen molar-refractivity contribution in [3.8, 4) is 11.1 Å². The number of aryl methyl sites for hydroxylation is 3. The van der Waals surface area contributed by atoms with E-state index in [4.69, 9.17) is 0 Å². The van der Waals surface area contributed by atoms with Crippen molar-refractivity contribution >= 4 is 6.08 Å². The zero-order valence-corrected chi connectivity index (χ0v) is 22.5. The maximum Gasteiger partial charge on any atom is 0.419 e. The van der Waals surface area contributed by atoms with Crippen LogP contribution >= 0.6 is 0 Å². The first-order chi connectivity index (χ1) is 18.3. The summed E-state index contributed by atoms with van der Waals surface area (Å²) in [5.74, 6) is -0.233. The second kappa shape index (κ2) is 12.8. The highest BCUT2D eigenvalue weighted by molar-refractivity contribution is 5.69. The lowest BCUT2D eigenvalue weighted by Gasteiger charge is -2.25. The van der Waals surface area contributed by atoms with Crippen molar-refractivity contribution in [1.29, 1.82) is 0 Å². The van der Waals surface area contributed by atoms with Gasteiger partial charge in [0.05, 0.1) is 5.56 Å². The van der Waals surface area contributed by atoms with E-state index < -0.39 is 17.6 Å². The van der Waals surface area contributed by atoms with Gasteiger partial charge in [-0.2, -0.15) is 13.2 Å². The molecule has 1 aliphatic carbocycles. The first-order valence-corrected chi connectivity index (χ1v) is 14.0. The zero-order chi connectivity index (χ0) is 27.1. The van der Waals surface area contributed by atoms with Crippen LogP contribution in [0, 0.1) is 17.7 Å². The molecule has 0 nitrogen and oxygen atoms in total. The van der Waals surface area contributed by atoms with Crippen LogP contribution in [0.3, 0.4) is 0 Å². The molecule has 38 heavy (non-hydrogen) atoms. The van der Waals surface area contributed by atoms with E-state index in [1.165, 1.54) is 29.3 Å². The molecule has 0 aliphatic heterocycles. The summed E-state index contributed by atoms with van der Waals surface area (Å²) < 4.78 is 57.3. The highest BCUT2D eigenvalue weighted by Gasteiger charge is 2.37. The van der Waals surface area contributed by atoms with Gasteiger partial charge in [-0.3, -0.25) is 0 Å². The Labute approximate surface area is 224 Å². The summed E-state index contributed by atoms with van der Waals surface area (Å²) in [5.41, 5.74) is 2.81. The normalized spacial score (nSPS) is 18.3. The summed E-state index contributed by atoms with van der Waals surface area (Å²) in [6, 6.07) is 18.7. The van der Waals surface area contributed by atoms with Crippen LogP contribution in [-0.2, 0) is 25.4 Å². The van der Waals surface area contributed by atoms with Crippen LogP contribution in [0.1, 0.15) is 80.2 Å². The minimum absolute atomic E-state index is 0.0176. The Hall–Kier alpha value is -2.88. The molecular weight excluding hydrogens is 484 g/mol. The SMILES string of the molecule is CCCc1ccc(CCc2ccc(-c3ccc(/C=C/C4CCC(CC)CC4)c(C(F)(F)F)c3F)cc2)cc1. The fourth-order valence-electron chi connectivity index (χ4n) is 5.57. The van der Waals surface area contributed by atoms with Gasteiger partial charge in [-0.15, -0.1) is 0 Å². The van der Waals surface area contributed by atoms with Gasteiger partial charge in [0.15, 0.2) is 0 Å². The van der Waals surface area contributed by atoms with E-state index in [2.05, 4.69) is 38.1 Å². The van der Waals surface area contributed by atoms with Crippen molar-refractivity contribution in [2.24, 2.45) is 11.8 Å². The third-order valence-corrected chi connectivity index (χ3v) is 8.00. The van der Waals surface area contributed by atoms with Crippen molar-refractivity contribution in [2.75, 3.05) is 0 Å². The second-order valence-corrected chi connectivity index (χ2v) is 10.7. The molecule has 4 rings (SSSR count). The zero-order valence-electron chi connectivity index (χ0n) is 22.5. The summed E-state index contributed by atoms with van der Waals surface area (Å²) in [5, 5.41) is 0. The molecule has 0 N–H and O–H groups in total. The average Bonchev–Trinajstić information content (AvgIpc) is 2.91. The van der Waals surface area contributed by atoms with E-state index >= 15 is 4.39 Å². The number of alkyl halides is 3. The number of benzene rings is 3. The summed E-state index contributed by atoms with van der Waals surface area (Å²) in [7, 11) is 0. The van der Waals surface area contributed by atoms with Gasteiger partial charge in [0.1, 0.15) is 5.82 Å². The van der Waals surface area contributed by atoms with Gasteiger partial charge in [-0.1, -0.05) is 99.5 Å². The lowest BCUT2D eigenvalue weighted by atomic mass is 9.80. The van der Waals surface area contributed by atoms with Gasteiger partial charge >= 0.3 is 6.18 Å². The maximum atomic E-state index is 15.4. The van der Waals surface area contributed by atoms with Crippen LogP contribution in [0.4, 0.5) is 17.6 Å². The van der Waals surface area contributed by atoms with Crippen molar-refractivity contribution in [1.82, 2.24) is 0 Å². The molecule has 3 aromatic rings. The molecule has 0 saturated heterocycles. The monoisotopic (exact) mass is 522 g/mol. The quantitative estimate of drug-likeness (QED) is 0.245. The minimum Gasteiger partial charge on any atom is -0.206 e. The Kier molecular flexibility index (Phi) is 9.46. The van der Waals surface area contributed by atoms with Crippen LogP contribution in [0.5, 0.6) is 0 Å². The van der Waals surface area contributed by atoms with E-state index in [9.17, 15) is 13.2 Å². The second-order valence-electron chi connectivity index (χ2n) is 10.7. The molecule has 0 bridgehead atoms. The fourth-order valence-corrected chi connectivity index (χ4v) is 5.57. The predicted molar refractivity (Wildman–Crippen MR) is 149 cm³/mol. The molecular formula is C34H38F4.